The predicted octanol–water partition coefficient (Wildman–Crippen LogP) is 5.27. The normalized spacial score (nSPS) is 14.8. The van der Waals surface area contributed by atoms with Gasteiger partial charge in [-0.1, -0.05) is 67.1 Å². The van der Waals surface area contributed by atoms with E-state index in [4.69, 9.17) is 16.6 Å². The summed E-state index contributed by atoms with van der Waals surface area (Å²) in [6, 6.07) is 12.4. The van der Waals surface area contributed by atoms with Crippen molar-refractivity contribution in [2.45, 2.75) is 33.1 Å². The van der Waals surface area contributed by atoms with Crippen LogP contribution in [0.5, 0.6) is 0 Å². The topological polar surface area (TPSA) is 36.4 Å². The van der Waals surface area contributed by atoms with Gasteiger partial charge in [0.15, 0.2) is 5.13 Å². The van der Waals surface area contributed by atoms with E-state index in [0.717, 1.165) is 57.7 Å². The van der Waals surface area contributed by atoms with Crippen molar-refractivity contribution in [3.8, 4) is 0 Å². The fourth-order valence-electron chi connectivity index (χ4n) is 3.68. The van der Waals surface area contributed by atoms with Gasteiger partial charge in [0, 0.05) is 26.2 Å². The van der Waals surface area contributed by atoms with E-state index in [2.05, 4.69) is 49.9 Å². The average Bonchev–Trinajstić information content (AvgIpc) is 3.18. The van der Waals surface area contributed by atoms with Crippen molar-refractivity contribution in [3.63, 3.8) is 0 Å². The molecule has 152 valence electrons. The molecular weight excluding hydrogens is 402 g/mol. The predicted molar refractivity (Wildman–Crippen MR) is 122 cm³/mol. The maximum atomic E-state index is 12.7. The molecule has 1 saturated heterocycles. The van der Waals surface area contributed by atoms with Crippen LogP contribution < -0.4 is 4.90 Å². The van der Waals surface area contributed by atoms with Gasteiger partial charge in [-0.3, -0.25) is 4.79 Å². The molecule has 0 N–H and O–H groups in total. The Hall–Kier alpha value is -2.11. The number of aryl methyl sites for hydroxylation is 1. The van der Waals surface area contributed by atoms with Crippen LogP contribution in [0.2, 0.25) is 5.02 Å². The van der Waals surface area contributed by atoms with Crippen molar-refractivity contribution in [3.05, 3.63) is 58.1 Å². The molecule has 4 rings (SSSR count). The van der Waals surface area contributed by atoms with Gasteiger partial charge in [-0.05, 0) is 35.6 Å². The van der Waals surface area contributed by atoms with Crippen molar-refractivity contribution in [1.82, 2.24) is 9.88 Å². The summed E-state index contributed by atoms with van der Waals surface area (Å²) in [4.78, 5) is 21.8. The first-order chi connectivity index (χ1) is 13.9. The molecule has 29 heavy (non-hydrogen) atoms. The highest BCUT2D eigenvalue weighted by atomic mass is 35.5. The monoisotopic (exact) mass is 427 g/mol. The Kier molecular flexibility index (Phi) is 5.79. The fourth-order valence-corrected chi connectivity index (χ4v) is 5.05. The highest BCUT2D eigenvalue weighted by Gasteiger charge is 2.23. The van der Waals surface area contributed by atoms with E-state index in [1.165, 1.54) is 5.56 Å². The lowest BCUT2D eigenvalue weighted by molar-refractivity contribution is -0.130. The molecule has 0 aliphatic carbocycles. The maximum absolute atomic E-state index is 12.7. The second kappa shape index (κ2) is 8.33. The third-order valence-corrected chi connectivity index (χ3v) is 7.17. The van der Waals surface area contributed by atoms with Gasteiger partial charge in [0.1, 0.15) is 0 Å². The molecule has 0 spiro atoms. The molecule has 1 fully saturated rings. The zero-order chi connectivity index (χ0) is 20.5. The fraction of sp³-hybridized carbons (Fsp3) is 0.391. The van der Waals surface area contributed by atoms with Crippen molar-refractivity contribution in [2.24, 2.45) is 0 Å². The Balaban J connectivity index is 1.38. The molecule has 6 heteroatoms. The number of hydrogen-bond donors (Lipinski definition) is 0. The molecule has 3 aromatic rings. The summed E-state index contributed by atoms with van der Waals surface area (Å²) in [5.41, 5.74) is 4.52. The van der Waals surface area contributed by atoms with Crippen LogP contribution in [0.3, 0.4) is 0 Å². The number of carbonyl (C=O) groups excluding carboxylic acids is 1. The number of carbonyl (C=O) groups is 1. The molecule has 0 bridgehead atoms. The molecule has 1 aliphatic heterocycles. The van der Waals surface area contributed by atoms with Crippen LogP contribution in [-0.2, 0) is 11.2 Å². The number of anilines is 1. The molecule has 0 atom stereocenters. The van der Waals surface area contributed by atoms with Crippen molar-refractivity contribution in [1.29, 1.82) is 0 Å². The lowest BCUT2D eigenvalue weighted by Gasteiger charge is -2.34. The van der Waals surface area contributed by atoms with E-state index in [-0.39, 0.29) is 5.91 Å². The van der Waals surface area contributed by atoms with Crippen LogP contribution in [0.1, 0.15) is 36.5 Å². The number of aromatic nitrogens is 1. The Morgan fingerprint density at radius 3 is 2.41 bits per heavy atom. The molecule has 0 radical (unpaired) electrons. The summed E-state index contributed by atoms with van der Waals surface area (Å²) < 4.78 is 1.05. The van der Waals surface area contributed by atoms with Gasteiger partial charge < -0.3 is 9.80 Å². The number of fused-ring (bicyclic) bond motifs is 1. The Bertz CT molecular complexity index is 982. The Morgan fingerprint density at radius 2 is 1.79 bits per heavy atom. The third-order valence-electron chi connectivity index (χ3n) is 5.59. The largest absolute Gasteiger partial charge is 0.345 e. The molecule has 1 aromatic heterocycles. The van der Waals surface area contributed by atoms with E-state index >= 15 is 0 Å². The first kappa shape index (κ1) is 20.2. The zero-order valence-electron chi connectivity index (χ0n) is 17.1. The molecule has 0 unspecified atom stereocenters. The molecule has 0 saturated carbocycles. The smallest absolute Gasteiger partial charge is 0.227 e. The number of halogens is 1. The summed E-state index contributed by atoms with van der Waals surface area (Å²) in [6.07, 6.45) is 0.467. The number of piperazine rings is 1. The van der Waals surface area contributed by atoms with Crippen LogP contribution in [-0.4, -0.2) is 42.0 Å². The van der Waals surface area contributed by atoms with E-state index in [9.17, 15) is 4.79 Å². The van der Waals surface area contributed by atoms with E-state index in [1.807, 2.05) is 17.0 Å². The first-order valence-electron chi connectivity index (χ1n) is 10.1. The van der Waals surface area contributed by atoms with Crippen LogP contribution >= 0.6 is 22.9 Å². The van der Waals surface area contributed by atoms with Gasteiger partial charge in [0.2, 0.25) is 5.91 Å². The minimum atomic E-state index is 0.199. The number of amides is 1. The van der Waals surface area contributed by atoms with Gasteiger partial charge in [0.05, 0.1) is 21.7 Å². The van der Waals surface area contributed by atoms with Gasteiger partial charge in [0.25, 0.3) is 0 Å². The molecule has 4 nitrogen and oxygen atoms in total. The number of thiazole rings is 1. The second-order valence-electron chi connectivity index (χ2n) is 7.98. The van der Waals surface area contributed by atoms with Crippen LogP contribution in [0, 0.1) is 6.92 Å². The first-order valence-corrected chi connectivity index (χ1v) is 11.3. The van der Waals surface area contributed by atoms with Gasteiger partial charge >= 0.3 is 0 Å². The van der Waals surface area contributed by atoms with Crippen molar-refractivity contribution in [2.75, 3.05) is 31.1 Å². The quantitative estimate of drug-likeness (QED) is 0.568. The van der Waals surface area contributed by atoms with Gasteiger partial charge in [-0.25, -0.2) is 4.98 Å². The molecule has 1 aliphatic rings. The van der Waals surface area contributed by atoms with Crippen LogP contribution in [0.15, 0.2) is 36.4 Å². The number of benzene rings is 2. The molecular formula is C23H26ClN3OS. The number of nitrogens with zero attached hydrogens (tertiary/aromatic N) is 3. The van der Waals surface area contributed by atoms with Gasteiger partial charge in [-0.15, -0.1) is 0 Å². The maximum Gasteiger partial charge on any atom is 0.227 e. The van der Waals surface area contributed by atoms with E-state index in [0.29, 0.717) is 12.3 Å². The average molecular weight is 428 g/mol. The summed E-state index contributed by atoms with van der Waals surface area (Å²) in [6.45, 7) is 9.48. The summed E-state index contributed by atoms with van der Waals surface area (Å²) in [5.74, 6) is 0.708. The van der Waals surface area contributed by atoms with Gasteiger partial charge in [-0.2, -0.15) is 0 Å². The van der Waals surface area contributed by atoms with Crippen LogP contribution in [0.25, 0.3) is 10.2 Å². The minimum absolute atomic E-state index is 0.199. The number of rotatable bonds is 4. The highest BCUT2D eigenvalue weighted by molar-refractivity contribution is 7.22. The molecule has 2 heterocycles. The van der Waals surface area contributed by atoms with Crippen molar-refractivity contribution < 1.29 is 4.79 Å². The number of hydrogen-bond acceptors (Lipinski definition) is 4. The Morgan fingerprint density at radius 1 is 1.10 bits per heavy atom. The van der Waals surface area contributed by atoms with Crippen molar-refractivity contribution >= 4 is 44.2 Å². The van der Waals surface area contributed by atoms with E-state index < -0.39 is 0 Å². The lowest BCUT2D eigenvalue weighted by atomic mass is 10.0. The second-order valence-corrected chi connectivity index (χ2v) is 9.36. The summed E-state index contributed by atoms with van der Waals surface area (Å²) in [5, 5.41) is 1.75. The van der Waals surface area contributed by atoms with Crippen LogP contribution in [0.4, 0.5) is 5.13 Å². The summed E-state index contributed by atoms with van der Waals surface area (Å²) >= 11 is 7.99. The molecule has 1 amide bonds. The van der Waals surface area contributed by atoms with E-state index in [1.54, 1.807) is 11.3 Å². The lowest BCUT2D eigenvalue weighted by Crippen LogP contribution is -2.49. The minimum Gasteiger partial charge on any atom is -0.345 e. The standard InChI is InChI=1S/C23H26ClN3OS/c1-15(2)18-7-5-17(6-8-18)14-20(28)26-10-12-27(13-11-26)23-25-21-16(3)4-9-19(24)22(21)29-23/h4-9,15H,10-14H2,1-3H3. The Labute approximate surface area is 181 Å². The summed E-state index contributed by atoms with van der Waals surface area (Å²) in [7, 11) is 0. The SMILES string of the molecule is Cc1ccc(Cl)c2sc(N3CCN(C(=O)Cc4ccc(C(C)C)cc4)CC3)nc12. The zero-order valence-corrected chi connectivity index (χ0v) is 18.7. The third kappa shape index (κ3) is 4.26. The highest BCUT2D eigenvalue weighted by Crippen LogP contribution is 2.35. The molecule has 2 aromatic carbocycles.